The SMILES string of the molecule is Cc1ccc(O)c(CN(C)CC(F)F)c1. The summed E-state index contributed by atoms with van der Waals surface area (Å²) in [6.07, 6.45) is -2.35. The average molecular weight is 215 g/mol. The Labute approximate surface area is 88.1 Å². The second-order valence-corrected chi connectivity index (χ2v) is 3.72. The molecule has 0 heterocycles. The minimum Gasteiger partial charge on any atom is -0.508 e. The summed E-state index contributed by atoms with van der Waals surface area (Å²) in [5.41, 5.74) is 1.69. The largest absolute Gasteiger partial charge is 0.508 e. The van der Waals surface area contributed by atoms with Gasteiger partial charge in [-0.3, -0.25) is 4.90 Å². The number of rotatable bonds is 4. The number of nitrogens with zero attached hydrogens (tertiary/aromatic N) is 1. The van der Waals surface area contributed by atoms with Gasteiger partial charge in [0.1, 0.15) is 5.75 Å². The van der Waals surface area contributed by atoms with Gasteiger partial charge in [0.25, 0.3) is 6.43 Å². The summed E-state index contributed by atoms with van der Waals surface area (Å²) >= 11 is 0. The van der Waals surface area contributed by atoms with Crippen molar-refractivity contribution in [2.45, 2.75) is 19.9 Å². The van der Waals surface area contributed by atoms with E-state index in [1.54, 1.807) is 25.2 Å². The van der Waals surface area contributed by atoms with E-state index in [-0.39, 0.29) is 12.3 Å². The Hall–Kier alpha value is -1.16. The molecular formula is C11H15F2NO. The summed E-state index contributed by atoms with van der Waals surface area (Å²) in [5.74, 6) is 0.154. The first-order valence-electron chi connectivity index (χ1n) is 4.74. The molecule has 2 nitrogen and oxygen atoms in total. The molecule has 1 aromatic rings. The van der Waals surface area contributed by atoms with E-state index < -0.39 is 6.43 Å². The zero-order valence-electron chi connectivity index (χ0n) is 8.87. The van der Waals surface area contributed by atoms with Crippen molar-refractivity contribution in [3.05, 3.63) is 29.3 Å². The smallest absolute Gasteiger partial charge is 0.251 e. The molecule has 84 valence electrons. The van der Waals surface area contributed by atoms with E-state index in [2.05, 4.69) is 0 Å². The van der Waals surface area contributed by atoms with Crippen molar-refractivity contribution in [1.29, 1.82) is 0 Å². The molecule has 0 radical (unpaired) electrons. The molecule has 0 saturated heterocycles. The van der Waals surface area contributed by atoms with Gasteiger partial charge in [0.2, 0.25) is 0 Å². The second-order valence-electron chi connectivity index (χ2n) is 3.72. The van der Waals surface area contributed by atoms with Crippen molar-refractivity contribution in [3.63, 3.8) is 0 Å². The van der Waals surface area contributed by atoms with Crippen LogP contribution < -0.4 is 0 Å². The monoisotopic (exact) mass is 215 g/mol. The van der Waals surface area contributed by atoms with Crippen molar-refractivity contribution >= 4 is 0 Å². The van der Waals surface area contributed by atoms with Gasteiger partial charge in [0, 0.05) is 12.1 Å². The minimum absolute atomic E-state index is 0.154. The van der Waals surface area contributed by atoms with E-state index in [4.69, 9.17) is 0 Å². The van der Waals surface area contributed by atoms with Crippen LogP contribution in [0.2, 0.25) is 0 Å². The predicted octanol–water partition coefficient (Wildman–Crippen LogP) is 2.40. The van der Waals surface area contributed by atoms with Crippen molar-refractivity contribution in [2.75, 3.05) is 13.6 Å². The summed E-state index contributed by atoms with van der Waals surface area (Å²) in [6, 6.07) is 5.17. The van der Waals surface area contributed by atoms with Gasteiger partial charge in [-0.25, -0.2) is 8.78 Å². The first-order valence-corrected chi connectivity index (χ1v) is 4.74. The van der Waals surface area contributed by atoms with Crippen LogP contribution in [0.5, 0.6) is 5.75 Å². The molecule has 0 saturated carbocycles. The van der Waals surface area contributed by atoms with Gasteiger partial charge in [-0.05, 0) is 20.0 Å². The van der Waals surface area contributed by atoms with Gasteiger partial charge < -0.3 is 5.11 Å². The van der Waals surface area contributed by atoms with Crippen LogP contribution in [-0.4, -0.2) is 30.0 Å². The molecule has 0 amide bonds. The number of aromatic hydroxyl groups is 1. The topological polar surface area (TPSA) is 23.5 Å². The lowest BCUT2D eigenvalue weighted by Gasteiger charge is -2.16. The Morgan fingerprint density at radius 2 is 2.07 bits per heavy atom. The standard InChI is InChI=1S/C11H15F2NO/c1-8-3-4-10(15)9(5-8)6-14(2)7-11(12)13/h3-5,11,15H,6-7H2,1-2H3. The maximum Gasteiger partial charge on any atom is 0.251 e. The van der Waals surface area contributed by atoms with E-state index in [9.17, 15) is 13.9 Å². The lowest BCUT2D eigenvalue weighted by molar-refractivity contribution is 0.0972. The lowest BCUT2D eigenvalue weighted by Crippen LogP contribution is -2.24. The van der Waals surface area contributed by atoms with Crippen LogP contribution in [0.4, 0.5) is 8.78 Å². The van der Waals surface area contributed by atoms with Crippen LogP contribution in [0.3, 0.4) is 0 Å². The first-order chi connectivity index (χ1) is 6.99. The normalized spacial score (nSPS) is 11.3. The molecule has 15 heavy (non-hydrogen) atoms. The Kier molecular flexibility index (Phi) is 4.03. The number of hydrogen-bond donors (Lipinski definition) is 1. The highest BCUT2D eigenvalue weighted by Gasteiger charge is 2.10. The minimum atomic E-state index is -2.35. The number of halogens is 2. The summed E-state index contributed by atoms with van der Waals surface area (Å²) in [6.45, 7) is 1.95. The van der Waals surface area contributed by atoms with Crippen LogP contribution in [0.25, 0.3) is 0 Å². The zero-order valence-corrected chi connectivity index (χ0v) is 8.87. The fourth-order valence-electron chi connectivity index (χ4n) is 1.43. The van der Waals surface area contributed by atoms with Gasteiger partial charge in [0.15, 0.2) is 0 Å². The van der Waals surface area contributed by atoms with Crippen molar-refractivity contribution < 1.29 is 13.9 Å². The third-order valence-electron chi connectivity index (χ3n) is 2.12. The third kappa shape index (κ3) is 3.83. The van der Waals surface area contributed by atoms with Gasteiger partial charge in [-0.2, -0.15) is 0 Å². The average Bonchev–Trinajstić information content (AvgIpc) is 2.10. The Bertz CT molecular complexity index is 328. The van der Waals surface area contributed by atoms with Gasteiger partial charge in [-0.15, -0.1) is 0 Å². The summed E-state index contributed by atoms with van der Waals surface area (Å²) < 4.78 is 24.1. The van der Waals surface area contributed by atoms with Gasteiger partial charge in [0.05, 0.1) is 6.54 Å². The molecule has 0 aliphatic carbocycles. The maximum absolute atomic E-state index is 12.1. The molecular weight excluding hydrogens is 200 g/mol. The van der Waals surface area contributed by atoms with Crippen LogP contribution in [0, 0.1) is 6.92 Å². The quantitative estimate of drug-likeness (QED) is 0.833. The predicted molar refractivity (Wildman–Crippen MR) is 55.2 cm³/mol. The molecule has 0 aromatic heterocycles. The number of hydrogen-bond acceptors (Lipinski definition) is 2. The number of phenolic OH excluding ortho intramolecular Hbond substituents is 1. The Morgan fingerprint density at radius 1 is 1.40 bits per heavy atom. The zero-order chi connectivity index (χ0) is 11.4. The van der Waals surface area contributed by atoms with E-state index in [0.717, 1.165) is 5.56 Å². The lowest BCUT2D eigenvalue weighted by atomic mass is 10.1. The maximum atomic E-state index is 12.1. The van der Waals surface area contributed by atoms with Crippen LogP contribution >= 0.6 is 0 Å². The molecule has 1 rings (SSSR count). The van der Waals surface area contributed by atoms with E-state index >= 15 is 0 Å². The van der Waals surface area contributed by atoms with Crippen molar-refractivity contribution in [2.24, 2.45) is 0 Å². The number of aryl methyl sites for hydroxylation is 1. The van der Waals surface area contributed by atoms with E-state index in [1.165, 1.54) is 4.90 Å². The molecule has 1 N–H and O–H groups in total. The summed E-state index contributed by atoms with van der Waals surface area (Å²) in [5, 5.41) is 9.50. The third-order valence-corrected chi connectivity index (χ3v) is 2.12. The summed E-state index contributed by atoms with van der Waals surface area (Å²) in [7, 11) is 1.61. The van der Waals surface area contributed by atoms with Crippen LogP contribution in [0.1, 0.15) is 11.1 Å². The fraction of sp³-hybridized carbons (Fsp3) is 0.455. The number of benzene rings is 1. The molecule has 0 aliphatic rings. The molecule has 4 heteroatoms. The highest BCUT2D eigenvalue weighted by Crippen LogP contribution is 2.19. The van der Waals surface area contributed by atoms with E-state index in [1.807, 2.05) is 6.92 Å². The second kappa shape index (κ2) is 5.07. The first kappa shape index (κ1) is 11.9. The summed E-state index contributed by atoms with van der Waals surface area (Å²) in [4.78, 5) is 1.49. The van der Waals surface area contributed by atoms with Gasteiger partial charge in [-0.1, -0.05) is 17.7 Å². The highest BCUT2D eigenvalue weighted by atomic mass is 19.3. The Morgan fingerprint density at radius 3 is 2.67 bits per heavy atom. The van der Waals surface area contributed by atoms with Crippen LogP contribution in [-0.2, 0) is 6.54 Å². The number of alkyl halides is 2. The molecule has 0 fully saturated rings. The molecule has 0 spiro atoms. The fourth-order valence-corrected chi connectivity index (χ4v) is 1.43. The van der Waals surface area contributed by atoms with Crippen molar-refractivity contribution in [1.82, 2.24) is 4.90 Å². The van der Waals surface area contributed by atoms with Crippen molar-refractivity contribution in [3.8, 4) is 5.75 Å². The molecule has 0 atom stereocenters. The molecule has 0 aliphatic heterocycles. The van der Waals surface area contributed by atoms with Crippen LogP contribution in [0.15, 0.2) is 18.2 Å². The molecule has 1 aromatic carbocycles. The molecule has 0 unspecified atom stereocenters. The molecule has 0 bridgehead atoms. The number of phenols is 1. The van der Waals surface area contributed by atoms with Gasteiger partial charge >= 0.3 is 0 Å². The Balaban J connectivity index is 2.67. The van der Waals surface area contributed by atoms with E-state index in [0.29, 0.717) is 12.1 Å². The highest BCUT2D eigenvalue weighted by molar-refractivity contribution is 5.35.